The quantitative estimate of drug-likeness (QED) is 0.661. The number of fused-ring (bicyclic) bond motifs is 1. The van der Waals surface area contributed by atoms with E-state index in [2.05, 4.69) is 16.7 Å². The van der Waals surface area contributed by atoms with Crippen LogP contribution < -0.4 is 20.1 Å². The Hall–Kier alpha value is -3.73. The maximum absolute atomic E-state index is 13.0. The number of likely N-dealkylation sites (tertiary alicyclic amines) is 1. The van der Waals surface area contributed by atoms with Crippen molar-refractivity contribution in [1.29, 1.82) is 5.26 Å². The van der Waals surface area contributed by atoms with Crippen LogP contribution in [0, 0.1) is 11.3 Å². The summed E-state index contributed by atoms with van der Waals surface area (Å²) in [5.74, 6) is 1.14. The highest BCUT2D eigenvalue weighted by molar-refractivity contribution is 5.88. The molecule has 2 aromatic rings. The molecule has 2 aliphatic heterocycles. The van der Waals surface area contributed by atoms with E-state index in [1.54, 1.807) is 12.1 Å². The standard InChI is InChI=1S/C24H26N4O4/c25-15-18-5-3-17(4-6-18)13-20(24(30)28-11-1-2-12-28)27-23(29)9-10-26-19-7-8-21-22(14-19)32-16-31-21/h3-8,14,20,26H,1-2,9-13,16H2,(H,27,29)/t20-/m1/s1. The second-order valence-corrected chi connectivity index (χ2v) is 7.91. The molecular weight excluding hydrogens is 408 g/mol. The summed E-state index contributed by atoms with van der Waals surface area (Å²) in [7, 11) is 0. The van der Waals surface area contributed by atoms with Crippen molar-refractivity contribution in [2.24, 2.45) is 0 Å². The Kier molecular flexibility index (Phi) is 6.75. The van der Waals surface area contributed by atoms with Gasteiger partial charge in [-0.3, -0.25) is 9.59 Å². The molecule has 0 saturated carbocycles. The molecule has 0 spiro atoms. The van der Waals surface area contributed by atoms with E-state index in [1.165, 1.54) is 0 Å². The molecule has 1 fully saturated rings. The normalized spacial score (nSPS) is 15.2. The minimum absolute atomic E-state index is 0.0519. The predicted molar refractivity (Wildman–Crippen MR) is 118 cm³/mol. The first kappa shape index (κ1) is 21.5. The number of hydrogen-bond acceptors (Lipinski definition) is 6. The number of ether oxygens (including phenoxy) is 2. The number of carbonyl (C=O) groups is 2. The molecular formula is C24H26N4O4. The van der Waals surface area contributed by atoms with Gasteiger partial charge in [0.25, 0.3) is 0 Å². The average molecular weight is 434 g/mol. The summed E-state index contributed by atoms with van der Waals surface area (Å²) in [5.41, 5.74) is 2.31. The predicted octanol–water partition coefficient (Wildman–Crippen LogP) is 2.44. The molecule has 166 valence electrons. The zero-order valence-electron chi connectivity index (χ0n) is 17.8. The van der Waals surface area contributed by atoms with Gasteiger partial charge in [-0.1, -0.05) is 12.1 Å². The second-order valence-electron chi connectivity index (χ2n) is 7.91. The van der Waals surface area contributed by atoms with Crippen molar-refractivity contribution >= 4 is 17.5 Å². The topological polar surface area (TPSA) is 104 Å². The lowest BCUT2D eigenvalue weighted by atomic mass is 10.0. The van der Waals surface area contributed by atoms with Crippen LogP contribution in [0.4, 0.5) is 5.69 Å². The molecule has 0 unspecified atom stereocenters. The molecule has 0 aliphatic carbocycles. The number of hydrogen-bond donors (Lipinski definition) is 2. The average Bonchev–Trinajstić information content (AvgIpc) is 3.50. The molecule has 32 heavy (non-hydrogen) atoms. The molecule has 8 nitrogen and oxygen atoms in total. The maximum Gasteiger partial charge on any atom is 0.245 e. The Labute approximate surface area is 187 Å². The molecule has 2 aromatic carbocycles. The minimum atomic E-state index is -0.626. The van der Waals surface area contributed by atoms with Gasteiger partial charge in [-0.2, -0.15) is 5.26 Å². The van der Waals surface area contributed by atoms with Crippen molar-refractivity contribution in [2.45, 2.75) is 31.7 Å². The monoisotopic (exact) mass is 434 g/mol. The minimum Gasteiger partial charge on any atom is -0.454 e. The fourth-order valence-electron chi connectivity index (χ4n) is 3.90. The van der Waals surface area contributed by atoms with Crippen molar-refractivity contribution in [2.75, 3.05) is 31.7 Å². The Bertz CT molecular complexity index is 1010. The molecule has 2 amide bonds. The Morgan fingerprint density at radius 2 is 1.81 bits per heavy atom. The Morgan fingerprint density at radius 1 is 1.06 bits per heavy atom. The fourth-order valence-corrected chi connectivity index (χ4v) is 3.90. The number of benzene rings is 2. The van der Waals surface area contributed by atoms with Gasteiger partial charge in [0.1, 0.15) is 6.04 Å². The van der Waals surface area contributed by atoms with Crippen LogP contribution in [-0.4, -0.2) is 49.2 Å². The lowest BCUT2D eigenvalue weighted by Crippen LogP contribution is -2.49. The number of amides is 2. The molecule has 8 heteroatoms. The number of nitriles is 1. The first-order valence-corrected chi connectivity index (χ1v) is 10.8. The lowest BCUT2D eigenvalue weighted by molar-refractivity contribution is -0.135. The van der Waals surface area contributed by atoms with Gasteiger partial charge in [0.15, 0.2) is 11.5 Å². The van der Waals surface area contributed by atoms with Crippen LogP contribution >= 0.6 is 0 Å². The molecule has 0 aromatic heterocycles. The fraction of sp³-hybridized carbons (Fsp3) is 0.375. The Morgan fingerprint density at radius 3 is 2.56 bits per heavy atom. The largest absolute Gasteiger partial charge is 0.454 e. The third-order valence-electron chi connectivity index (χ3n) is 5.63. The number of anilines is 1. The van der Waals surface area contributed by atoms with Gasteiger partial charge in [0.2, 0.25) is 18.6 Å². The third-order valence-corrected chi connectivity index (χ3v) is 5.63. The van der Waals surface area contributed by atoms with Crippen molar-refractivity contribution in [3.8, 4) is 17.6 Å². The summed E-state index contributed by atoms with van der Waals surface area (Å²) in [6, 6.07) is 14.1. The van der Waals surface area contributed by atoms with E-state index in [0.29, 0.717) is 30.0 Å². The van der Waals surface area contributed by atoms with Crippen LogP contribution in [0.1, 0.15) is 30.4 Å². The van der Waals surface area contributed by atoms with Gasteiger partial charge < -0.3 is 25.0 Å². The summed E-state index contributed by atoms with van der Waals surface area (Å²) < 4.78 is 10.7. The summed E-state index contributed by atoms with van der Waals surface area (Å²) in [5, 5.41) is 15.1. The molecule has 2 heterocycles. The summed E-state index contributed by atoms with van der Waals surface area (Å²) in [4.78, 5) is 27.5. The van der Waals surface area contributed by atoms with Gasteiger partial charge >= 0.3 is 0 Å². The van der Waals surface area contributed by atoms with Crippen molar-refractivity contribution < 1.29 is 19.1 Å². The van der Waals surface area contributed by atoms with E-state index in [4.69, 9.17) is 14.7 Å². The maximum atomic E-state index is 13.0. The first-order chi connectivity index (χ1) is 15.6. The third kappa shape index (κ3) is 5.30. The highest BCUT2D eigenvalue weighted by Gasteiger charge is 2.28. The van der Waals surface area contributed by atoms with Crippen molar-refractivity contribution in [3.05, 3.63) is 53.6 Å². The molecule has 2 N–H and O–H groups in total. The number of nitrogens with zero attached hydrogens (tertiary/aromatic N) is 2. The van der Waals surface area contributed by atoms with Gasteiger partial charge in [-0.25, -0.2) is 0 Å². The van der Waals surface area contributed by atoms with Gasteiger partial charge in [0, 0.05) is 44.2 Å². The zero-order valence-corrected chi connectivity index (χ0v) is 17.8. The number of nitrogens with one attached hydrogen (secondary N) is 2. The SMILES string of the molecule is N#Cc1ccc(C[C@@H](NC(=O)CCNc2ccc3c(c2)OCO3)C(=O)N2CCCC2)cc1. The molecule has 1 saturated heterocycles. The van der Waals surface area contributed by atoms with Crippen molar-refractivity contribution in [3.63, 3.8) is 0 Å². The van der Waals surface area contributed by atoms with E-state index in [-0.39, 0.29) is 25.0 Å². The van der Waals surface area contributed by atoms with E-state index < -0.39 is 6.04 Å². The van der Waals surface area contributed by atoms with E-state index in [1.807, 2.05) is 35.2 Å². The van der Waals surface area contributed by atoms with Crippen LogP contribution in [-0.2, 0) is 16.0 Å². The van der Waals surface area contributed by atoms with Crippen LogP contribution in [0.25, 0.3) is 0 Å². The second kappa shape index (κ2) is 10.1. The number of rotatable bonds is 8. The van der Waals surface area contributed by atoms with E-state index in [9.17, 15) is 9.59 Å². The summed E-state index contributed by atoms with van der Waals surface area (Å²) >= 11 is 0. The molecule has 2 aliphatic rings. The van der Waals surface area contributed by atoms with Crippen LogP contribution in [0.3, 0.4) is 0 Å². The van der Waals surface area contributed by atoms with Gasteiger partial charge in [-0.05, 0) is 42.7 Å². The number of carbonyl (C=O) groups excluding carboxylic acids is 2. The highest BCUT2D eigenvalue weighted by Crippen LogP contribution is 2.34. The summed E-state index contributed by atoms with van der Waals surface area (Å²) in [6.07, 6.45) is 2.60. The van der Waals surface area contributed by atoms with Gasteiger partial charge in [-0.15, -0.1) is 0 Å². The molecule has 0 radical (unpaired) electrons. The van der Waals surface area contributed by atoms with Crippen LogP contribution in [0.15, 0.2) is 42.5 Å². The zero-order chi connectivity index (χ0) is 22.3. The first-order valence-electron chi connectivity index (χ1n) is 10.8. The Balaban J connectivity index is 1.34. The van der Waals surface area contributed by atoms with Crippen molar-refractivity contribution in [1.82, 2.24) is 10.2 Å². The smallest absolute Gasteiger partial charge is 0.245 e. The molecule has 1 atom stereocenters. The lowest BCUT2D eigenvalue weighted by Gasteiger charge is -2.24. The summed E-state index contributed by atoms with van der Waals surface area (Å²) in [6.45, 7) is 2.09. The van der Waals surface area contributed by atoms with Gasteiger partial charge in [0.05, 0.1) is 11.6 Å². The molecule has 4 rings (SSSR count). The highest BCUT2D eigenvalue weighted by atomic mass is 16.7. The van der Waals surface area contributed by atoms with E-state index in [0.717, 1.165) is 37.2 Å². The molecule has 0 bridgehead atoms. The van der Waals surface area contributed by atoms with Crippen LogP contribution in [0.2, 0.25) is 0 Å². The van der Waals surface area contributed by atoms with Crippen LogP contribution in [0.5, 0.6) is 11.5 Å². The van der Waals surface area contributed by atoms with E-state index >= 15 is 0 Å².